The van der Waals surface area contributed by atoms with Crippen molar-refractivity contribution in [3.63, 3.8) is 0 Å². The lowest BCUT2D eigenvalue weighted by Gasteiger charge is -2.32. The molecule has 0 bridgehead atoms. The van der Waals surface area contributed by atoms with Gasteiger partial charge in [-0.15, -0.1) is 0 Å². The Kier molecular flexibility index (Phi) is 5.36. The largest absolute Gasteiger partial charge is 0.368 e. The topological polar surface area (TPSA) is 75.4 Å². The molecule has 0 saturated carbocycles. The van der Waals surface area contributed by atoms with Crippen LogP contribution in [0.2, 0.25) is 0 Å². The molecule has 20 heavy (non-hydrogen) atoms. The minimum atomic E-state index is -0.341. The lowest BCUT2D eigenvalue weighted by atomic mass is 10.0. The van der Waals surface area contributed by atoms with Crippen molar-refractivity contribution in [2.45, 2.75) is 25.3 Å². The number of piperidine rings is 1. The molecule has 2 rings (SSSR count). The van der Waals surface area contributed by atoms with E-state index in [2.05, 4.69) is 27.9 Å². The number of likely N-dealkylation sites (tertiary alicyclic amines) is 1. The molecule has 3 N–H and O–H groups in total. The Morgan fingerprint density at radius 1 is 1.30 bits per heavy atom. The maximum absolute atomic E-state index is 12.0. The van der Waals surface area contributed by atoms with Crippen molar-refractivity contribution in [2.24, 2.45) is 5.73 Å². The summed E-state index contributed by atoms with van der Waals surface area (Å²) in [5.41, 5.74) is 6.16. The van der Waals surface area contributed by atoms with Gasteiger partial charge in [0.2, 0.25) is 11.8 Å². The first-order valence-electron chi connectivity index (χ1n) is 6.65. The molecule has 1 aliphatic rings. The Labute approximate surface area is 132 Å². The van der Waals surface area contributed by atoms with Crippen LogP contribution in [0.5, 0.6) is 0 Å². The third-order valence-electron chi connectivity index (χ3n) is 3.42. The van der Waals surface area contributed by atoms with Crippen LogP contribution in [0.4, 0.5) is 5.69 Å². The molecule has 0 unspecified atom stereocenters. The number of amides is 2. The Morgan fingerprint density at radius 2 is 2.00 bits per heavy atom. The highest BCUT2D eigenvalue weighted by Crippen LogP contribution is 2.17. The normalized spacial score (nSPS) is 19.6. The smallest absolute Gasteiger partial charge is 0.238 e. The zero-order chi connectivity index (χ0) is 14.5. The van der Waals surface area contributed by atoms with E-state index in [-0.39, 0.29) is 24.4 Å². The number of hydrogen-bond acceptors (Lipinski definition) is 3. The number of carbonyl (C=O) groups is 2. The number of rotatable bonds is 4. The van der Waals surface area contributed by atoms with Crippen molar-refractivity contribution in [1.29, 1.82) is 0 Å². The van der Waals surface area contributed by atoms with E-state index < -0.39 is 0 Å². The number of benzene rings is 1. The molecular formula is C14H18IN3O2. The molecule has 0 spiro atoms. The van der Waals surface area contributed by atoms with Crippen molar-refractivity contribution in [2.75, 3.05) is 18.4 Å². The van der Waals surface area contributed by atoms with E-state index in [1.165, 1.54) is 0 Å². The predicted octanol–water partition coefficient (Wildman–Crippen LogP) is 1.57. The van der Waals surface area contributed by atoms with Crippen molar-refractivity contribution in [3.05, 3.63) is 27.8 Å². The third kappa shape index (κ3) is 4.17. The van der Waals surface area contributed by atoms with E-state index in [0.717, 1.165) is 35.1 Å². The van der Waals surface area contributed by atoms with Gasteiger partial charge in [-0.1, -0.05) is 6.42 Å². The Morgan fingerprint density at radius 3 is 2.65 bits per heavy atom. The maximum atomic E-state index is 12.0. The molecule has 1 heterocycles. The van der Waals surface area contributed by atoms with Gasteiger partial charge in [-0.3, -0.25) is 14.5 Å². The molecule has 1 fully saturated rings. The molecule has 108 valence electrons. The predicted molar refractivity (Wildman–Crippen MR) is 86.2 cm³/mol. The van der Waals surface area contributed by atoms with E-state index in [4.69, 9.17) is 5.73 Å². The highest BCUT2D eigenvalue weighted by Gasteiger charge is 2.28. The van der Waals surface area contributed by atoms with Crippen LogP contribution in [0.1, 0.15) is 19.3 Å². The summed E-state index contributed by atoms with van der Waals surface area (Å²) in [6, 6.07) is 7.28. The van der Waals surface area contributed by atoms with Crippen molar-refractivity contribution in [3.8, 4) is 0 Å². The number of primary amides is 1. The second kappa shape index (κ2) is 7.03. The van der Waals surface area contributed by atoms with Gasteiger partial charge in [0, 0.05) is 9.26 Å². The molecule has 0 aromatic heterocycles. The van der Waals surface area contributed by atoms with Crippen molar-refractivity contribution >= 4 is 40.1 Å². The standard InChI is InChI=1S/C14H18IN3O2/c15-10-4-6-11(7-5-10)17-13(19)9-18-8-2-1-3-12(18)14(16)20/h4-7,12H,1-3,8-9H2,(H2,16,20)(H,17,19)/t12-/m0/s1. The van der Waals surface area contributed by atoms with Gasteiger partial charge in [0.25, 0.3) is 0 Å². The van der Waals surface area contributed by atoms with Gasteiger partial charge in [-0.05, 0) is 66.2 Å². The fraction of sp³-hybridized carbons (Fsp3) is 0.429. The first-order valence-corrected chi connectivity index (χ1v) is 7.73. The first-order chi connectivity index (χ1) is 9.56. The van der Waals surface area contributed by atoms with Crippen LogP contribution >= 0.6 is 22.6 Å². The lowest BCUT2D eigenvalue weighted by molar-refractivity contribution is -0.126. The molecule has 1 aromatic carbocycles. The quantitative estimate of drug-likeness (QED) is 0.771. The van der Waals surface area contributed by atoms with Gasteiger partial charge < -0.3 is 11.1 Å². The minimum absolute atomic E-state index is 0.112. The molecule has 1 saturated heterocycles. The van der Waals surface area contributed by atoms with E-state index in [1.54, 1.807) is 0 Å². The zero-order valence-electron chi connectivity index (χ0n) is 11.1. The molecule has 2 amide bonds. The van der Waals surface area contributed by atoms with Crippen molar-refractivity contribution < 1.29 is 9.59 Å². The van der Waals surface area contributed by atoms with E-state index in [0.29, 0.717) is 0 Å². The van der Waals surface area contributed by atoms with E-state index >= 15 is 0 Å². The summed E-state index contributed by atoms with van der Waals surface area (Å²) in [4.78, 5) is 25.3. The average Bonchev–Trinajstić information content (AvgIpc) is 2.41. The van der Waals surface area contributed by atoms with E-state index in [1.807, 2.05) is 29.2 Å². The number of anilines is 1. The molecular weight excluding hydrogens is 369 g/mol. The number of nitrogens with two attached hydrogens (primary N) is 1. The first kappa shape index (κ1) is 15.2. The minimum Gasteiger partial charge on any atom is -0.368 e. The molecule has 0 radical (unpaired) electrons. The Bertz CT molecular complexity index is 490. The van der Waals surface area contributed by atoms with Crippen LogP contribution < -0.4 is 11.1 Å². The fourth-order valence-electron chi connectivity index (χ4n) is 2.42. The molecule has 0 aliphatic carbocycles. The molecule has 6 heteroatoms. The Balaban J connectivity index is 1.92. The Hall–Kier alpha value is -1.15. The van der Waals surface area contributed by atoms with Crippen molar-refractivity contribution in [1.82, 2.24) is 4.90 Å². The summed E-state index contributed by atoms with van der Waals surface area (Å²) in [6.07, 6.45) is 2.73. The highest BCUT2D eigenvalue weighted by atomic mass is 127. The summed E-state index contributed by atoms with van der Waals surface area (Å²) >= 11 is 2.21. The van der Waals surface area contributed by atoms with Gasteiger partial charge in [-0.2, -0.15) is 0 Å². The number of nitrogens with one attached hydrogen (secondary N) is 1. The van der Waals surface area contributed by atoms with Gasteiger partial charge in [0.15, 0.2) is 0 Å². The SMILES string of the molecule is NC(=O)[C@@H]1CCCCN1CC(=O)Nc1ccc(I)cc1. The van der Waals surface area contributed by atoms with Crippen LogP contribution in [0.3, 0.4) is 0 Å². The molecule has 1 atom stereocenters. The van der Waals surface area contributed by atoms with Crippen LogP contribution in [0.25, 0.3) is 0 Å². The summed E-state index contributed by atoms with van der Waals surface area (Å²) in [6.45, 7) is 0.952. The van der Waals surface area contributed by atoms with Crippen LogP contribution in [-0.2, 0) is 9.59 Å². The average molecular weight is 387 g/mol. The second-order valence-corrected chi connectivity index (χ2v) is 6.19. The third-order valence-corrected chi connectivity index (χ3v) is 4.14. The molecule has 1 aliphatic heterocycles. The molecule has 1 aromatic rings. The van der Waals surface area contributed by atoms with Gasteiger partial charge >= 0.3 is 0 Å². The molecule has 5 nitrogen and oxygen atoms in total. The number of carbonyl (C=O) groups excluding carboxylic acids is 2. The number of nitrogens with zero attached hydrogens (tertiary/aromatic N) is 1. The monoisotopic (exact) mass is 387 g/mol. The lowest BCUT2D eigenvalue weighted by Crippen LogP contribution is -2.50. The zero-order valence-corrected chi connectivity index (χ0v) is 13.3. The van der Waals surface area contributed by atoms with Crippen LogP contribution in [0, 0.1) is 3.57 Å². The number of hydrogen-bond donors (Lipinski definition) is 2. The van der Waals surface area contributed by atoms with Crippen LogP contribution in [0.15, 0.2) is 24.3 Å². The van der Waals surface area contributed by atoms with Crippen LogP contribution in [-0.4, -0.2) is 35.8 Å². The second-order valence-electron chi connectivity index (χ2n) is 4.94. The van der Waals surface area contributed by atoms with Gasteiger partial charge in [0.05, 0.1) is 12.6 Å². The number of halogens is 1. The van der Waals surface area contributed by atoms with E-state index in [9.17, 15) is 9.59 Å². The highest BCUT2D eigenvalue weighted by molar-refractivity contribution is 14.1. The maximum Gasteiger partial charge on any atom is 0.238 e. The summed E-state index contributed by atoms with van der Waals surface area (Å²) in [5, 5.41) is 2.84. The van der Waals surface area contributed by atoms with Gasteiger partial charge in [-0.25, -0.2) is 0 Å². The summed E-state index contributed by atoms with van der Waals surface area (Å²) < 4.78 is 1.12. The summed E-state index contributed by atoms with van der Waals surface area (Å²) in [7, 11) is 0. The fourth-order valence-corrected chi connectivity index (χ4v) is 2.78. The van der Waals surface area contributed by atoms with Gasteiger partial charge in [0.1, 0.15) is 0 Å². The summed E-state index contributed by atoms with van der Waals surface area (Å²) in [5.74, 6) is -0.453.